The number of carbonyl (C=O) groups is 4. The molecular formula is C22H20O8. The molecule has 156 valence electrons. The highest BCUT2D eigenvalue weighted by Gasteiger charge is 2.19. The van der Waals surface area contributed by atoms with Crippen LogP contribution in [0.5, 0.6) is 23.0 Å². The van der Waals surface area contributed by atoms with Crippen LogP contribution >= 0.6 is 0 Å². The summed E-state index contributed by atoms with van der Waals surface area (Å²) >= 11 is 0. The fourth-order valence-corrected chi connectivity index (χ4v) is 2.40. The van der Waals surface area contributed by atoms with Crippen molar-refractivity contribution in [1.29, 1.82) is 0 Å². The zero-order valence-corrected chi connectivity index (χ0v) is 16.9. The minimum absolute atomic E-state index is 0.0682. The number of benzene rings is 2. The van der Waals surface area contributed by atoms with Gasteiger partial charge in [-0.05, 0) is 35.4 Å². The third-order valence-corrected chi connectivity index (χ3v) is 3.41. The average Bonchev–Trinajstić information content (AvgIpc) is 2.62. The lowest BCUT2D eigenvalue weighted by Gasteiger charge is -2.14. The molecule has 2 rings (SSSR count). The maximum Gasteiger partial charge on any atom is 0.308 e. The number of rotatable bonds is 6. The molecule has 0 aliphatic heterocycles. The molecule has 0 N–H and O–H groups in total. The Hall–Kier alpha value is -3.94. The fourth-order valence-electron chi connectivity index (χ4n) is 2.40. The fraction of sp³-hybridized carbons (Fsp3) is 0.182. The van der Waals surface area contributed by atoms with Crippen molar-refractivity contribution in [1.82, 2.24) is 0 Å². The van der Waals surface area contributed by atoms with E-state index in [1.165, 1.54) is 39.8 Å². The van der Waals surface area contributed by atoms with Crippen molar-refractivity contribution >= 4 is 36.0 Å². The van der Waals surface area contributed by atoms with Gasteiger partial charge in [0.1, 0.15) is 5.75 Å². The Labute approximate surface area is 173 Å². The third kappa shape index (κ3) is 6.90. The molecule has 0 atom stereocenters. The van der Waals surface area contributed by atoms with Gasteiger partial charge in [-0.15, -0.1) is 0 Å². The van der Waals surface area contributed by atoms with Crippen molar-refractivity contribution in [2.24, 2.45) is 0 Å². The molecule has 2 aromatic rings. The van der Waals surface area contributed by atoms with Crippen LogP contribution in [0.3, 0.4) is 0 Å². The predicted molar refractivity (Wildman–Crippen MR) is 107 cm³/mol. The first-order valence-corrected chi connectivity index (χ1v) is 8.84. The summed E-state index contributed by atoms with van der Waals surface area (Å²) in [4.78, 5) is 45.3. The Morgan fingerprint density at radius 3 is 1.47 bits per heavy atom. The highest BCUT2D eigenvalue weighted by Crippen LogP contribution is 2.40. The molecule has 30 heavy (non-hydrogen) atoms. The number of hydrogen-bond donors (Lipinski definition) is 0. The van der Waals surface area contributed by atoms with Gasteiger partial charge >= 0.3 is 23.9 Å². The van der Waals surface area contributed by atoms with E-state index in [4.69, 9.17) is 18.9 Å². The van der Waals surface area contributed by atoms with E-state index in [0.717, 1.165) is 5.56 Å². The molecule has 0 amide bonds. The van der Waals surface area contributed by atoms with Gasteiger partial charge in [0, 0.05) is 27.7 Å². The lowest BCUT2D eigenvalue weighted by molar-refractivity contribution is -0.135. The van der Waals surface area contributed by atoms with Crippen LogP contribution in [0.15, 0.2) is 36.4 Å². The van der Waals surface area contributed by atoms with Crippen LogP contribution in [-0.2, 0) is 19.2 Å². The number of esters is 4. The maximum absolute atomic E-state index is 11.5. The zero-order chi connectivity index (χ0) is 22.3. The number of carbonyl (C=O) groups excluding carboxylic acids is 4. The molecule has 0 saturated heterocycles. The molecule has 0 bridgehead atoms. The lowest BCUT2D eigenvalue weighted by Crippen LogP contribution is -2.10. The van der Waals surface area contributed by atoms with Crippen molar-refractivity contribution in [2.75, 3.05) is 0 Å². The molecule has 0 saturated carbocycles. The number of ether oxygens (including phenoxy) is 4. The van der Waals surface area contributed by atoms with Crippen molar-refractivity contribution in [3.63, 3.8) is 0 Å². The first-order valence-electron chi connectivity index (χ1n) is 8.84. The SMILES string of the molecule is CC(=O)Oc1ccc(/C=C/c2cc(OC(C)=O)c(OC(C)=O)c(OC(C)=O)c2)cc1. The van der Waals surface area contributed by atoms with Crippen LogP contribution in [-0.4, -0.2) is 23.9 Å². The van der Waals surface area contributed by atoms with Crippen LogP contribution in [0.4, 0.5) is 0 Å². The Kier molecular flexibility index (Phi) is 7.46. The first kappa shape index (κ1) is 22.4. The maximum atomic E-state index is 11.5. The van der Waals surface area contributed by atoms with Gasteiger partial charge in [0.2, 0.25) is 5.75 Å². The molecule has 8 nitrogen and oxygen atoms in total. The van der Waals surface area contributed by atoms with Crippen LogP contribution in [0.2, 0.25) is 0 Å². The minimum atomic E-state index is -0.673. The van der Waals surface area contributed by atoms with Crippen molar-refractivity contribution in [2.45, 2.75) is 27.7 Å². The van der Waals surface area contributed by atoms with Gasteiger partial charge in [0.05, 0.1) is 0 Å². The molecule has 0 aromatic heterocycles. The molecule has 0 unspecified atom stereocenters. The Bertz CT molecular complexity index is 965. The summed E-state index contributed by atoms with van der Waals surface area (Å²) in [5.74, 6) is -2.26. The topological polar surface area (TPSA) is 105 Å². The summed E-state index contributed by atoms with van der Waals surface area (Å²) < 4.78 is 20.3. The van der Waals surface area contributed by atoms with E-state index in [9.17, 15) is 19.2 Å². The smallest absolute Gasteiger partial charge is 0.308 e. The molecule has 0 fully saturated rings. The van der Waals surface area contributed by atoms with Crippen LogP contribution < -0.4 is 18.9 Å². The van der Waals surface area contributed by atoms with Crippen molar-refractivity contribution in [3.8, 4) is 23.0 Å². The van der Waals surface area contributed by atoms with Crippen molar-refractivity contribution in [3.05, 3.63) is 47.5 Å². The molecule has 0 spiro atoms. The minimum Gasteiger partial charge on any atom is -0.427 e. The van der Waals surface area contributed by atoms with Crippen LogP contribution in [0.1, 0.15) is 38.8 Å². The van der Waals surface area contributed by atoms with Crippen molar-refractivity contribution < 1.29 is 38.1 Å². The van der Waals surface area contributed by atoms with Gasteiger partial charge in [0.15, 0.2) is 11.5 Å². The summed E-state index contributed by atoms with van der Waals surface area (Å²) in [6.07, 6.45) is 3.42. The van der Waals surface area contributed by atoms with E-state index in [2.05, 4.69) is 0 Å². The van der Waals surface area contributed by atoms with E-state index >= 15 is 0 Å². The average molecular weight is 412 g/mol. The molecule has 0 heterocycles. The Balaban J connectivity index is 2.41. The molecule has 0 radical (unpaired) electrons. The Morgan fingerprint density at radius 2 is 1.03 bits per heavy atom. The van der Waals surface area contributed by atoms with Gasteiger partial charge < -0.3 is 18.9 Å². The molecule has 2 aromatic carbocycles. The van der Waals surface area contributed by atoms with E-state index in [-0.39, 0.29) is 17.2 Å². The molecular weight excluding hydrogens is 392 g/mol. The normalized spacial score (nSPS) is 10.4. The van der Waals surface area contributed by atoms with E-state index < -0.39 is 23.9 Å². The van der Waals surface area contributed by atoms with Gasteiger partial charge in [-0.1, -0.05) is 24.3 Å². The second-order valence-corrected chi connectivity index (χ2v) is 6.12. The molecule has 8 heteroatoms. The zero-order valence-electron chi connectivity index (χ0n) is 16.9. The molecule has 0 aliphatic carbocycles. The summed E-state index contributed by atoms with van der Waals surface area (Å²) in [6.45, 7) is 4.86. The molecule has 0 aliphatic rings. The highest BCUT2D eigenvalue weighted by molar-refractivity contribution is 5.80. The predicted octanol–water partition coefficient (Wildman–Crippen LogP) is 3.56. The second kappa shape index (κ2) is 10.0. The van der Waals surface area contributed by atoms with Gasteiger partial charge in [0.25, 0.3) is 0 Å². The third-order valence-electron chi connectivity index (χ3n) is 3.41. The largest absolute Gasteiger partial charge is 0.427 e. The summed E-state index contributed by atoms with van der Waals surface area (Å²) in [5, 5.41) is 0. The monoisotopic (exact) mass is 412 g/mol. The Morgan fingerprint density at radius 1 is 0.600 bits per heavy atom. The summed E-state index contributed by atoms with van der Waals surface area (Å²) in [5.41, 5.74) is 1.31. The van der Waals surface area contributed by atoms with Gasteiger partial charge in [-0.2, -0.15) is 0 Å². The second-order valence-electron chi connectivity index (χ2n) is 6.12. The number of hydrogen-bond acceptors (Lipinski definition) is 8. The lowest BCUT2D eigenvalue weighted by atomic mass is 10.1. The standard InChI is InChI=1S/C22H20O8/c1-13(23)27-19-9-7-17(8-10-19)5-6-18-11-20(28-14(2)24)22(30-16(4)26)21(12-18)29-15(3)25/h5-12H,1-4H3/b6-5+. The van der Waals surface area contributed by atoms with Gasteiger partial charge in [-0.3, -0.25) is 19.2 Å². The van der Waals surface area contributed by atoms with Gasteiger partial charge in [-0.25, -0.2) is 0 Å². The van der Waals surface area contributed by atoms with Crippen LogP contribution in [0.25, 0.3) is 12.2 Å². The summed E-state index contributed by atoms with van der Waals surface area (Å²) in [6, 6.07) is 9.69. The quantitative estimate of drug-likeness (QED) is 0.403. The van der Waals surface area contributed by atoms with E-state index in [0.29, 0.717) is 11.3 Å². The first-order chi connectivity index (χ1) is 14.1. The van der Waals surface area contributed by atoms with Crippen LogP contribution in [0, 0.1) is 0 Å². The summed E-state index contributed by atoms with van der Waals surface area (Å²) in [7, 11) is 0. The van der Waals surface area contributed by atoms with E-state index in [1.54, 1.807) is 36.4 Å². The van der Waals surface area contributed by atoms with E-state index in [1.807, 2.05) is 0 Å². The highest BCUT2D eigenvalue weighted by atomic mass is 16.6.